The summed E-state index contributed by atoms with van der Waals surface area (Å²) in [6, 6.07) is 8.05. The fourth-order valence-corrected chi connectivity index (χ4v) is 4.47. The normalized spacial score (nSPS) is 13.4. The molecule has 1 nitrogen and oxygen atoms in total. The highest BCUT2D eigenvalue weighted by Crippen LogP contribution is 2.36. The van der Waals surface area contributed by atoms with E-state index in [1.807, 2.05) is 6.92 Å². The van der Waals surface area contributed by atoms with Crippen molar-refractivity contribution >= 4 is 5.57 Å². The molecule has 0 saturated heterocycles. The number of alkyl halides is 3. The van der Waals surface area contributed by atoms with Crippen LogP contribution in [-0.2, 0) is 19.3 Å². The number of rotatable bonds is 7. The van der Waals surface area contributed by atoms with Gasteiger partial charge in [-0.25, -0.2) is 17.6 Å². The molecule has 0 unspecified atom stereocenters. The second kappa shape index (κ2) is 10.4. The predicted octanol–water partition coefficient (Wildman–Crippen LogP) is 8.72. The lowest BCUT2D eigenvalue weighted by molar-refractivity contribution is -0.275. The maximum absolute atomic E-state index is 15.0. The van der Waals surface area contributed by atoms with Gasteiger partial charge in [-0.2, -0.15) is 0 Å². The van der Waals surface area contributed by atoms with E-state index in [0.717, 1.165) is 37.5 Å². The molecule has 0 saturated carbocycles. The maximum Gasteiger partial charge on any atom is 0.573 e. The van der Waals surface area contributed by atoms with Gasteiger partial charge in [-0.3, -0.25) is 0 Å². The van der Waals surface area contributed by atoms with Crippen LogP contribution >= 0.6 is 0 Å². The van der Waals surface area contributed by atoms with E-state index in [0.29, 0.717) is 28.7 Å². The SMILES string of the molecule is CCCCCc1cc(F)c(C2=CCc3cc(-c4ccc(OC(F)(F)F)c(F)c4)c(F)cc3C2)c(F)c1. The second-order valence-electron chi connectivity index (χ2n) is 8.80. The van der Waals surface area contributed by atoms with E-state index in [9.17, 15) is 30.7 Å². The molecule has 0 N–H and O–H groups in total. The van der Waals surface area contributed by atoms with Crippen LogP contribution in [0.15, 0.2) is 48.5 Å². The minimum Gasteiger partial charge on any atom is -0.403 e. The molecule has 0 amide bonds. The third-order valence-corrected chi connectivity index (χ3v) is 6.20. The zero-order chi connectivity index (χ0) is 26.0. The molecule has 8 heteroatoms. The van der Waals surface area contributed by atoms with Crippen LogP contribution in [0.3, 0.4) is 0 Å². The number of benzene rings is 3. The molecule has 190 valence electrons. The largest absolute Gasteiger partial charge is 0.573 e. The highest BCUT2D eigenvalue weighted by atomic mass is 19.4. The van der Waals surface area contributed by atoms with Crippen molar-refractivity contribution in [1.82, 2.24) is 0 Å². The Morgan fingerprint density at radius 3 is 2.17 bits per heavy atom. The quantitative estimate of drug-likeness (QED) is 0.229. The maximum atomic E-state index is 15.0. The van der Waals surface area contributed by atoms with E-state index in [4.69, 9.17) is 0 Å². The number of allylic oxidation sites excluding steroid dienone is 2. The Balaban J connectivity index is 1.59. The molecule has 0 heterocycles. The summed E-state index contributed by atoms with van der Waals surface area (Å²) in [5.41, 5.74) is 2.09. The zero-order valence-electron chi connectivity index (χ0n) is 19.4. The van der Waals surface area contributed by atoms with E-state index in [-0.39, 0.29) is 29.5 Å². The first-order valence-electron chi connectivity index (χ1n) is 11.6. The van der Waals surface area contributed by atoms with E-state index < -0.39 is 35.4 Å². The smallest absolute Gasteiger partial charge is 0.403 e. The first-order chi connectivity index (χ1) is 17.1. The van der Waals surface area contributed by atoms with E-state index in [1.54, 1.807) is 6.08 Å². The number of fused-ring (bicyclic) bond motifs is 1. The van der Waals surface area contributed by atoms with Crippen LogP contribution < -0.4 is 4.74 Å². The average Bonchev–Trinajstić information content (AvgIpc) is 2.79. The van der Waals surface area contributed by atoms with Crippen molar-refractivity contribution < 1.29 is 35.5 Å². The molecule has 0 atom stereocenters. The lowest BCUT2D eigenvalue weighted by atomic mass is 9.85. The van der Waals surface area contributed by atoms with Crippen molar-refractivity contribution in [2.75, 3.05) is 0 Å². The molecule has 1 aliphatic carbocycles. The van der Waals surface area contributed by atoms with Gasteiger partial charge in [0.2, 0.25) is 0 Å². The third kappa shape index (κ3) is 5.74. The zero-order valence-corrected chi connectivity index (χ0v) is 19.4. The van der Waals surface area contributed by atoms with Gasteiger partial charge in [0.1, 0.15) is 17.5 Å². The summed E-state index contributed by atoms with van der Waals surface area (Å²) < 4.78 is 99.5. The van der Waals surface area contributed by atoms with Crippen LogP contribution in [-0.4, -0.2) is 6.36 Å². The average molecular weight is 508 g/mol. The molecule has 4 rings (SSSR count). The van der Waals surface area contributed by atoms with Crippen LogP contribution in [0.25, 0.3) is 16.7 Å². The van der Waals surface area contributed by atoms with E-state index in [2.05, 4.69) is 4.74 Å². The summed E-state index contributed by atoms with van der Waals surface area (Å²) in [5, 5.41) is 0. The highest BCUT2D eigenvalue weighted by Gasteiger charge is 2.32. The number of aryl methyl sites for hydroxylation is 1. The lowest BCUT2D eigenvalue weighted by Gasteiger charge is -2.20. The topological polar surface area (TPSA) is 9.23 Å². The van der Waals surface area contributed by atoms with Crippen molar-refractivity contribution in [1.29, 1.82) is 0 Å². The van der Waals surface area contributed by atoms with Crippen molar-refractivity contribution in [3.05, 3.63) is 94.1 Å². The molecule has 3 aromatic carbocycles. The Hall–Kier alpha value is -3.29. The lowest BCUT2D eigenvalue weighted by Crippen LogP contribution is -2.17. The predicted molar refractivity (Wildman–Crippen MR) is 123 cm³/mol. The van der Waals surface area contributed by atoms with Crippen molar-refractivity contribution in [2.45, 2.75) is 51.8 Å². The number of unbranched alkanes of at least 4 members (excludes halogenated alkanes) is 2. The first-order valence-corrected chi connectivity index (χ1v) is 11.6. The molecule has 0 fully saturated rings. The number of ether oxygens (including phenoxy) is 1. The van der Waals surface area contributed by atoms with Gasteiger partial charge in [0.25, 0.3) is 0 Å². The van der Waals surface area contributed by atoms with Crippen LogP contribution in [0, 0.1) is 23.3 Å². The Labute approximate surface area is 204 Å². The van der Waals surface area contributed by atoms with E-state index in [1.165, 1.54) is 24.3 Å². The third-order valence-electron chi connectivity index (χ3n) is 6.20. The summed E-state index contributed by atoms with van der Waals surface area (Å²) in [5.74, 6) is -4.35. The van der Waals surface area contributed by atoms with Gasteiger partial charge in [-0.1, -0.05) is 31.9 Å². The van der Waals surface area contributed by atoms with Crippen LogP contribution in [0.2, 0.25) is 0 Å². The summed E-state index contributed by atoms with van der Waals surface area (Å²) >= 11 is 0. The summed E-state index contributed by atoms with van der Waals surface area (Å²) in [6.45, 7) is 2.05. The van der Waals surface area contributed by atoms with Crippen LogP contribution in [0.1, 0.15) is 48.4 Å². The number of halogens is 7. The van der Waals surface area contributed by atoms with Crippen molar-refractivity contribution in [3.63, 3.8) is 0 Å². The molecule has 0 radical (unpaired) electrons. The van der Waals surface area contributed by atoms with Gasteiger partial charge in [-0.05, 0) is 89.9 Å². The Bertz CT molecular complexity index is 1280. The van der Waals surface area contributed by atoms with Gasteiger partial charge < -0.3 is 4.74 Å². The van der Waals surface area contributed by atoms with Crippen LogP contribution in [0.4, 0.5) is 30.7 Å². The van der Waals surface area contributed by atoms with Gasteiger partial charge >= 0.3 is 6.36 Å². The molecule has 0 bridgehead atoms. The molecule has 0 spiro atoms. The minimum absolute atomic E-state index is 0.00291. The molecule has 0 aromatic heterocycles. The van der Waals surface area contributed by atoms with E-state index >= 15 is 0 Å². The Morgan fingerprint density at radius 2 is 1.53 bits per heavy atom. The standard InChI is InChI=1S/C28H23F7O/c1-2-3-4-5-16-10-24(31)27(25(32)11-16)19-7-6-17-13-21(22(29)15-20(17)12-19)18-8-9-26(23(30)14-18)36-28(33,34)35/h7-11,13-15H,2-6,12H2,1H3. The van der Waals surface area contributed by atoms with Crippen molar-refractivity contribution in [3.8, 4) is 16.9 Å². The molecular weight excluding hydrogens is 485 g/mol. The fraction of sp³-hybridized carbons (Fsp3) is 0.286. The molecule has 3 aromatic rings. The molecule has 0 aliphatic heterocycles. The molecule has 36 heavy (non-hydrogen) atoms. The summed E-state index contributed by atoms with van der Waals surface area (Å²) in [4.78, 5) is 0. The van der Waals surface area contributed by atoms with Gasteiger partial charge in [0, 0.05) is 11.1 Å². The highest BCUT2D eigenvalue weighted by molar-refractivity contribution is 5.74. The fourth-order valence-electron chi connectivity index (χ4n) is 4.47. The Morgan fingerprint density at radius 1 is 0.806 bits per heavy atom. The minimum atomic E-state index is -5.06. The van der Waals surface area contributed by atoms with Crippen molar-refractivity contribution in [2.24, 2.45) is 0 Å². The molecular formula is C28H23F7O. The van der Waals surface area contributed by atoms with Gasteiger partial charge in [-0.15, -0.1) is 13.2 Å². The summed E-state index contributed by atoms with van der Waals surface area (Å²) in [6.07, 6.45) is 0.366. The number of hydrogen-bond donors (Lipinski definition) is 0. The van der Waals surface area contributed by atoms with Crippen LogP contribution in [0.5, 0.6) is 5.75 Å². The first kappa shape index (κ1) is 25.8. The monoisotopic (exact) mass is 508 g/mol. The van der Waals surface area contributed by atoms with Gasteiger partial charge in [0.15, 0.2) is 11.6 Å². The van der Waals surface area contributed by atoms with Gasteiger partial charge in [0.05, 0.1) is 0 Å². The number of hydrogen-bond acceptors (Lipinski definition) is 1. The Kier molecular flexibility index (Phi) is 7.43. The second-order valence-corrected chi connectivity index (χ2v) is 8.80. The molecule has 1 aliphatic rings. The summed E-state index contributed by atoms with van der Waals surface area (Å²) in [7, 11) is 0.